The zero-order valence-electron chi connectivity index (χ0n) is 7.38. The molecule has 2 nitrogen and oxygen atoms in total. The number of ketones is 1. The first-order valence-electron chi connectivity index (χ1n) is 4.06. The maximum absolute atomic E-state index is 11.2. The first-order valence-corrected chi connectivity index (χ1v) is 5.67. The monoisotopic (exact) mass is 262 g/mol. The van der Waals surface area contributed by atoms with Crippen LogP contribution in [0.25, 0.3) is 0 Å². The highest BCUT2D eigenvalue weighted by Gasteiger charge is 2.05. The van der Waals surface area contributed by atoms with E-state index in [1.807, 2.05) is 19.1 Å². The van der Waals surface area contributed by atoms with E-state index in [1.54, 1.807) is 11.3 Å². The van der Waals surface area contributed by atoms with Gasteiger partial charge >= 0.3 is 0 Å². The number of thiophene rings is 1. The standard InChI is InChI=1S/C9H11BrO2S/c1-2-12-6-7(11)5-8-3-4-9(10)13-8/h3-4H,2,5-6H2,1H3. The van der Waals surface area contributed by atoms with Crippen LogP contribution in [0.15, 0.2) is 15.9 Å². The van der Waals surface area contributed by atoms with Gasteiger partial charge in [0, 0.05) is 17.9 Å². The van der Waals surface area contributed by atoms with Crippen molar-refractivity contribution in [3.8, 4) is 0 Å². The lowest BCUT2D eigenvalue weighted by Crippen LogP contribution is -2.10. The van der Waals surface area contributed by atoms with Crippen LogP contribution in [0.2, 0.25) is 0 Å². The molecule has 13 heavy (non-hydrogen) atoms. The van der Waals surface area contributed by atoms with Crippen molar-refractivity contribution in [2.24, 2.45) is 0 Å². The summed E-state index contributed by atoms with van der Waals surface area (Å²) in [7, 11) is 0. The minimum atomic E-state index is 0.135. The Morgan fingerprint density at radius 1 is 1.62 bits per heavy atom. The van der Waals surface area contributed by atoms with Gasteiger partial charge in [0.25, 0.3) is 0 Å². The molecule has 1 heterocycles. The van der Waals surface area contributed by atoms with Gasteiger partial charge < -0.3 is 4.74 Å². The Morgan fingerprint density at radius 2 is 2.38 bits per heavy atom. The Balaban J connectivity index is 2.36. The van der Waals surface area contributed by atoms with E-state index in [1.165, 1.54) is 0 Å². The van der Waals surface area contributed by atoms with Crippen molar-refractivity contribution >= 4 is 33.0 Å². The van der Waals surface area contributed by atoms with Crippen molar-refractivity contribution in [3.63, 3.8) is 0 Å². The highest BCUT2D eigenvalue weighted by molar-refractivity contribution is 9.11. The van der Waals surface area contributed by atoms with Crippen LogP contribution in [0, 0.1) is 0 Å². The summed E-state index contributed by atoms with van der Waals surface area (Å²) < 4.78 is 6.08. The molecule has 0 aliphatic heterocycles. The maximum atomic E-state index is 11.2. The minimum absolute atomic E-state index is 0.135. The van der Waals surface area contributed by atoms with Crippen LogP contribution in [0.1, 0.15) is 11.8 Å². The number of Topliss-reactive ketones (excluding diaryl/α,β-unsaturated/α-hetero) is 1. The van der Waals surface area contributed by atoms with Crippen molar-refractivity contribution in [1.29, 1.82) is 0 Å². The molecule has 0 bridgehead atoms. The van der Waals surface area contributed by atoms with Crippen molar-refractivity contribution in [1.82, 2.24) is 0 Å². The summed E-state index contributed by atoms with van der Waals surface area (Å²) in [5.74, 6) is 0.135. The van der Waals surface area contributed by atoms with Gasteiger partial charge in [-0.05, 0) is 35.0 Å². The number of carbonyl (C=O) groups excluding carboxylic acids is 1. The quantitative estimate of drug-likeness (QED) is 0.816. The fourth-order valence-corrected chi connectivity index (χ4v) is 2.42. The fourth-order valence-electron chi connectivity index (χ4n) is 0.908. The Bertz CT molecular complexity index is 283. The summed E-state index contributed by atoms with van der Waals surface area (Å²) in [4.78, 5) is 12.3. The van der Waals surface area contributed by atoms with E-state index < -0.39 is 0 Å². The predicted molar refractivity (Wildman–Crippen MR) is 57.2 cm³/mol. The lowest BCUT2D eigenvalue weighted by atomic mass is 10.2. The molecule has 0 aliphatic carbocycles. The highest BCUT2D eigenvalue weighted by Crippen LogP contribution is 2.22. The van der Waals surface area contributed by atoms with Gasteiger partial charge in [-0.25, -0.2) is 0 Å². The van der Waals surface area contributed by atoms with E-state index in [0.717, 1.165) is 8.66 Å². The third-order valence-corrected chi connectivity index (χ3v) is 3.09. The molecule has 0 fully saturated rings. The Kier molecular flexibility index (Phi) is 4.62. The van der Waals surface area contributed by atoms with E-state index >= 15 is 0 Å². The number of halogens is 1. The number of hydrogen-bond donors (Lipinski definition) is 0. The molecule has 0 spiro atoms. The van der Waals surface area contributed by atoms with E-state index in [2.05, 4.69) is 15.9 Å². The van der Waals surface area contributed by atoms with E-state index in [0.29, 0.717) is 13.0 Å². The number of ether oxygens (including phenoxy) is 1. The maximum Gasteiger partial charge on any atom is 0.163 e. The summed E-state index contributed by atoms with van der Waals surface area (Å²) >= 11 is 4.94. The predicted octanol–water partition coefficient (Wildman–Crippen LogP) is 2.66. The zero-order chi connectivity index (χ0) is 9.68. The van der Waals surface area contributed by atoms with E-state index in [-0.39, 0.29) is 12.4 Å². The molecule has 1 rings (SSSR count). The molecule has 0 aromatic carbocycles. The van der Waals surface area contributed by atoms with Crippen molar-refractivity contribution in [3.05, 3.63) is 20.8 Å². The summed E-state index contributed by atoms with van der Waals surface area (Å²) in [5.41, 5.74) is 0. The molecule has 0 atom stereocenters. The number of hydrogen-bond acceptors (Lipinski definition) is 3. The Morgan fingerprint density at radius 3 is 2.92 bits per heavy atom. The normalized spacial score (nSPS) is 10.3. The van der Waals surface area contributed by atoms with E-state index in [9.17, 15) is 4.79 Å². The van der Waals surface area contributed by atoms with Crippen LogP contribution in [0.3, 0.4) is 0 Å². The van der Waals surface area contributed by atoms with Crippen LogP contribution in [-0.2, 0) is 16.0 Å². The molecule has 0 saturated carbocycles. The van der Waals surface area contributed by atoms with Crippen LogP contribution in [0.5, 0.6) is 0 Å². The molecular weight excluding hydrogens is 252 g/mol. The van der Waals surface area contributed by atoms with Crippen molar-refractivity contribution in [2.45, 2.75) is 13.3 Å². The molecule has 1 aromatic rings. The second-order valence-corrected chi connectivity index (χ2v) is 5.11. The summed E-state index contributed by atoms with van der Waals surface area (Å²) in [6.07, 6.45) is 0.482. The lowest BCUT2D eigenvalue weighted by molar-refractivity contribution is -0.122. The minimum Gasteiger partial charge on any atom is -0.374 e. The summed E-state index contributed by atoms with van der Waals surface area (Å²) in [5, 5.41) is 0. The van der Waals surface area contributed by atoms with Gasteiger partial charge in [0.05, 0.1) is 3.79 Å². The SMILES string of the molecule is CCOCC(=O)Cc1ccc(Br)s1. The molecule has 0 unspecified atom stereocenters. The molecule has 72 valence electrons. The molecule has 0 aliphatic rings. The van der Waals surface area contributed by atoms with Crippen molar-refractivity contribution < 1.29 is 9.53 Å². The third kappa shape index (κ3) is 4.02. The second-order valence-electron chi connectivity index (χ2n) is 2.56. The molecule has 0 radical (unpaired) electrons. The molecule has 0 N–H and O–H groups in total. The summed E-state index contributed by atoms with van der Waals surface area (Å²) in [6, 6.07) is 3.91. The largest absolute Gasteiger partial charge is 0.374 e. The first kappa shape index (κ1) is 10.9. The van der Waals surface area contributed by atoms with Crippen LogP contribution >= 0.6 is 27.3 Å². The van der Waals surface area contributed by atoms with Gasteiger partial charge in [-0.2, -0.15) is 0 Å². The van der Waals surface area contributed by atoms with Gasteiger partial charge in [0.1, 0.15) is 6.61 Å². The van der Waals surface area contributed by atoms with Gasteiger partial charge in [-0.3, -0.25) is 4.79 Å². The van der Waals surface area contributed by atoms with Crippen molar-refractivity contribution in [2.75, 3.05) is 13.2 Å². The first-order chi connectivity index (χ1) is 6.22. The molecule has 1 aromatic heterocycles. The fraction of sp³-hybridized carbons (Fsp3) is 0.444. The second kappa shape index (κ2) is 5.52. The van der Waals surface area contributed by atoms with E-state index in [4.69, 9.17) is 4.74 Å². The van der Waals surface area contributed by atoms with Crippen LogP contribution < -0.4 is 0 Å². The molecule has 0 amide bonds. The van der Waals surface area contributed by atoms with Gasteiger partial charge in [0.2, 0.25) is 0 Å². The average Bonchev–Trinajstić information content (AvgIpc) is 2.48. The summed E-state index contributed by atoms with van der Waals surface area (Å²) in [6.45, 7) is 2.71. The van der Waals surface area contributed by atoms with Gasteiger partial charge in [0.15, 0.2) is 5.78 Å². The topological polar surface area (TPSA) is 26.3 Å². The smallest absolute Gasteiger partial charge is 0.163 e. The molecular formula is C9H11BrO2S. The van der Waals surface area contributed by atoms with Crippen LogP contribution in [-0.4, -0.2) is 19.0 Å². The number of rotatable bonds is 5. The van der Waals surface area contributed by atoms with Crippen LogP contribution in [0.4, 0.5) is 0 Å². The molecule has 4 heteroatoms. The third-order valence-electron chi connectivity index (χ3n) is 1.47. The Hall–Kier alpha value is -0.190. The zero-order valence-corrected chi connectivity index (χ0v) is 9.78. The van der Waals surface area contributed by atoms with Gasteiger partial charge in [-0.1, -0.05) is 0 Å². The molecule has 0 saturated heterocycles. The highest BCUT2D eigenvalue weighted by atomic mass is 79.9. The lowest BCUT2D eigenvalue weighted by Gasteiger charge is -1.98. The van der Waals surface area contributed by atoms with Gasteiger partial charge in [-0.15, -0.1) is 11.3 Å². The average molecular weight is 263 g/mol. The Labute approximate surface area is 90.0 Å². The number of carbonyl (C=O) groups is 1.